The Morgan fingerprint density at radius 2 is 2.00 bits per heavy atom. The van der Waals surface area contributed by atoms with E-state index in [0.29, 0.717) is 12.5 Å². The summed E-state index contributed by atoms with van der Waals surface area (Å²) in [6, 6.07) is 3.92. The van der Waals surface area contributed by atoms with E-state index < -0.39 is 0 Å². The molecular formula is C17H21N5O2S. The molecule has 3 heterocycles. The quantitative estimate of drug-likeness (QED) is 0.797. The summed E-state index contributed by atoms with van der Waals surface area (Å²) in [5.74, 6) is 0.0946. The summed E-state index contributed by atoms with van der Waals surface area (Å²) in [5, 5.41) is 2.06. The second kappa shape index (κ2) is 7.60. The van der Waals surface area contributed by atoms with Crippen molar-refractivity contribution in [2.75, 3.05) is 12.0 Å². The number of aromatic nitrogens is 2. The molecule has 132 valence electrons. The maximum absolute atomic E-state index is 12.3. The van der Waals surface area contributed by atoms with Crippen LogP contribution >= 0.6 is 11.3 Å². The molecule has 25 heavy (non-hydrogen) atoms. The molecule has 0 unspecified atom stereocenters. The number of carbonyl (C=O) groups is 2. The Labute approximate surface area is 150 Å². The zero-order chi connectivity index (χ0) is 17.8. The van der Waals surface area contributed by atoms with Crippen molar-refractivity contribution < 1.29 is 9.59 Å². The van der Waals surface area contributed by atoms with Crippen molar-refractivity contribution in [3.05, 3.63) is 39.3 Å². The smallest absolute Gasteiger partial charge is 0.242 e. The lowest BCUT2D eigenvalue weighted by Crippen LogP contribution is -2.36. The number of rotatable bonds is 5. The third-order valence-electron chi connectivity index (χ3n) is 4.02. The van der Waals surface area contributed by atoms with E-state index in [2.05, 4.69) is 32.3 Å². The van der Waals surface area contributed by atoms with Crippen LogP contribution in [0.2, 0.25) is 0 Å². The second-order valence-electron chi connectivity index (χ2n) is 6.08. The molecule has 0 saturated heterocycles. The molecule has 2 aromatic rings. The Bertz CT molecular complexity index is 769. The summed E-state index contributed by atoms with van der Waals surface area (Å²) in [6.45, 7) is 5.09. The molecule has 8 heteroatoms. The number of anilines is 1. The standard InChI is InChI=1S/C17H21N5O2S/c1-11-9-12(2)19-17(18-11)21-20-15(23)3-4-16(24)22-7-5-14-13(10-22)6-8-25-14/h6,8-9H,3-5,7,10H2,1-2H3,(H,20,23)(H,18,19,21). The molecule has 0 bridgehead atoms. The average molecular weight is 359 g/mol. The maximum Gasteiger partial charge on any atom is 0.242 e. The fraction of sp³-hybridized carbons (Fsp3) is 0.412. The lowest BCUT2D eigenvalue weighted by Gasteiger charge is -2.27. The highest BCUT2D eigenvalue weighted by molar-refractivity contribution is 7.10. The highest BCUT2D eigenvalue weighted by Gasteiger charge is 2.21. The van der Waals surface area contributed by atoms with Crippen LogP contribution in [0.25, 0.3) is 0 Å². The summed E-state index contributed by atoms with van der Waals surface area (Å²) in [4.78, 5) is 35.8. The maximum atomic E-state index is 12.3. The molecule has 0 saturated carbocycles. The van der Waals surface area contributed by atoms with Crippen LogP contribution in [0.15, 0.2) is 17.5 Å². The molecule has 1 aliphatic rings. The monoisotopic (exact) mass is 359 g/mol. The number of nitrogens with zero attached hydrogens (tertiary/aromatic N) is 3. The van der Waals surface area contributed by atoms with Crippen LogP contribution < -0.4 is 10.9 Å². The molecule has 0 atom stereocenters. The first-order chi connectivity index (χ1) is 12.0. The summed E-state index contributed by atoms with van der Waals surface area (Å²) in [7, 11) is 0. The molecule has 0 aromatic carbocycles. The van der Waals surface area contributed by atoms with E-state index in [1.807, 2.05) is 24.8 Å². The molecule has 0 fully saturated rings. The fourth-order valence-electron chi connectivity index (χ4n) is 2.81. The molecule has 1 aliphatic heterocycles. The summed E-state index contributed by atoms with van der Waals surface area (Å²) >= 11 is 1.74. The van der Waals surface area contributed by atoms with Crippen molar-refractivity contribution in [2.45, 2.75) is 39.7 Å². The van der Waals surface area contributed by atoms with Crippen molar-refractivity contribution in [3.8, 4) is 0 Å². The van der Waals surface area contributed by atoms with Gasteiger partial charge in [-0.3, -0.25) is 20.4 Å². The number of carbonyl (C=O) groups excluding carboxylic acids is 2. The summed E-state index contributed by atoms with van der Waals surface area (Å²) in [5.41, 5.74) is 8.09. The van der Waals surface area contributed by atoms with Gasteiger partial charge in [0, 0.05) is 42.2 Å². The summed E-state index contributed by atoms with van der Waals surface area (Å²) < 4.78 is 0. The number of nitrogens with one attached hydrogen (secondary N) is 2. The molecule has 0 aliphatic carbocycles. The topological polar surface area (TPSA) is 87.2 Å². The van der Waals surface area contributed by atoms with E-state index in [9.17, 15) is 9.59 Å². The van der Waals surface area contributed by atoms with Gasteiger partial charge in [0.15, 0.2) is 0 Å². The Hall–Kier alpha value is -2.48. The predicted octanol–water partition coefficient (Wildman–Crippen LogP) is 1.96. The molecule has 0 spiro atoms. The molecule has 2 aromatic heterocycles. The van der Waals surface area contributed by atoms with Crippen LogP contribution in [-0.4, -0.2) is 33.2 Å². The number of fused-ring (bicyclic) bond motifs is 1. The van der Waals surface area contributed by atoms with Gasteiger partial charge in [0.25, 0.3) is 0 Å². The Morgan fingerprint density at radius 1 is 1.24 bits per heavy atom. The number of thiophene rings is 1. The molecular weight excluding hydrogens is 338 g/mol. The van der Waals surface area contributed by atoms with Gasteiger partial charge >= 0.3 is 0 Å². The SMILES string of the molecule is Cc1cc(C)nc(NNC(=O)CCC(=O)N2CCc3sccc3C2)n1. The molecule has 0 radical (unpaired) electrons. The third-order valence-corrected chi connectivity index (χ3v) is 5.05. The van der Waals surface area contributed by atoms with E-state index in [-0.39, 0.29) is 24.7 Å². The average Bonchev–Trinajstić information content (AvgIpc) is 3.04. The van der Waals surface area contributed by atoms with Gasteiger partial charge in [-0.2, -0.15) is 0 Å². The minimum absolute atomic E-state index is 0.00894. The minimum atomic E-state index is -0.260. The van der Waals surface area contributed by atoms with Crippen molar-refractivity contribution in [1.82, 2.24) is 20.3 Å². The minimum Gasteiger partial charge on any atom is -0.338 e. The molecule has 2 amide bonds. The van der Waals surface area contributed by atoms with Gasteiger partial charge in [-0.05, 0) is 43.3 Å². The molecule has 2 N–H and O–H groups in total. The van der Waals surface area contributed by atoms with Gasteiger partial charge in [0.05, 0.1) is 0 Å². The van der Waals surface area contributed by atoms with Crippen molar-refractivity contribution >= 4 is 29.1 Å². The number of hydrazine groups is 1. The van der Waals surface area contributed by atoms with Gasteiger partial charge in [-0.1, -0.05) is 0 Å². The van der Waals surface area contributed by atoms with Crippen molar-refractivity contribution in [2.24, 2.45) is 0 Å². The lowest BCUT2D eigenvalue weighted by atomic mass is 10.1. The zero-order valence-electron chi connectivity index (χ0n) is 14.3. The van der Waals surface area contributed by atoms with Crippen LogP contribution in [-0.2, 0) is 22.6 Å². The van der Waals surface area contributed by atoms with Crippen LogP contribution in [0.3, 0.4) is 0 Å². The van der Waals surface area contributed by atoms with Crippen LogP contribution in [0.5, 0.6) is 0 Å². The third kappa shape index (κ3) is 4.54. The van der Waals surface area contributed by atoms with Gasteiger partial charge in [0.2, 0.25) is 17.8 Å². The second-order valence-corrected chi connectivity index (χ2v) is 7.08. The summed E-state index contributed by atoms with van der Waals surface area (Å²) in [6.07, 6.45) is 1.22. The first-order valence-corrected chi connectivity index (χ1v) is 9.09. The lowest BCUT2D eigenvalue weighted by molar-refractivity contribution is -0.134. The number of hydrogen-bond acceptors (Lipinski definition) is 6. The van der Waals surface area contributed by atoms with Crippen LogP contribution in [0.4, 0.5) is 5.95 Å². The van der Waals surface area contributed by atoms with Crippen LogP contribution in [0.1, 0.15) is 34.7 Å². The van der Waals surface area contributed by atoms with E-state index in [0.717, 1.165) is 24.4 Å². The number of amides is 2. The van der Waals surface area contributed by atoms with E-state index in [1.165, 1.54) is 10.4 Å². The van der Waals surface area contributed by atoms with Crippen LogP contribution in [0, 0.1) is 13.8 Å². The fourth-order valence-corrected chi connectivity index (χ4v) is 3.70. The normalized spacial score (nSPS) is 13.3. The first-order valence-electron chi connectivity index (χ1n) is 8.21. The Balaban J connectivity index is 1.43. The predicted molar refractivity (Wildman–Crippen MR) is 95.9 cm³/mol. The molecule has 3 rings (SSSR count). The Kier molecular flexibility index (Phi) is 5.28. The van der Waals surface area contributed by atoms with Gasteiger partial charge in [-0.25, -0.2) is 9.97 Å². The van der Waals surface area contributed by atoms with E-state index in [4.69, 9.17) is 0 Å². The van der Waals surface area contributed by atoms with Gasteiger partial charge in [0.1, 0.15) is 0 Å². The van der Waals surface area contributed by atoms with E-state index in [1.54, 1.807) is 11.3 Å². The van der Waals surface area contributed by atoms with Crippen molar-refractivity contribution in [3.63, 3.8) is 0 Å². The van der Waals surface area contributed by atoms with Gasteiger partial charge in [-0.15, -0.1) is 11.3 Å². The zero-order valence-corrected chi connectivity index (χ0v) is 15.2. The van der Waals surface area contributed by atoms with Gasteiger partial charge < -0.3 is 4.90 Å². The highest BCUT2D eigenvalue weighted by atomic mass is 32.1. The largest absolute Gasteiger partial charge is 0.338 e. The van der Waals surface area contributed by atoms with Crippen molar-refractivity contribution in [1.29, 1.82) is 0 Å². The van der Waals surface area contributed by atoms with E-state index >= 15 is 0 Å². The first kappa shape index (κ1) is 17.3. The Morgan fingerprint density at radius 3 is 2.76 bits per heavy atom. The molecule has 7 nitrogen and oxygen atoms in total. The number of hydrogen-bond donors (Lipinski definition) is 2. The number of aryl methyl sites for hydroxylation is 2. The highest BCUT2D eigenvalue weighted by Crippen LogP contribution is 2.24.